The number of nitrogens with one attached hydrogen (secondary N) is 1. The first-order valence-corrected chi connectivity index (χ1v) is 7.19. The summed E-state index contributed by atoms with van der Waals surface area (Å²) in [5, 5.41) is 0. The van der Waals surface area contributed by atoms with Crippen molar-refractivity contribution in [2.24, 2.45) is 5.73 Å². The average Bonchev–Trinajstić information content (AvgIpc) is 2.16. The highest BCUT2D eigenvalue weighted by Gasteiger charge is 2.28. The highest BCUT2D eigenvalue weighted by atomic mass is 32.2. The summed E-state index contributed by atoms with van der Waals surface area (Å²) in [5.74, 6) is -0.0238. The highest BCUT2D eigenvalue weighted by molar-refractivity contribution is 7.88. The number of rotatable bonds is 5. The maximum Gasteiger partial charge on any atom is 0.216 e. The lowest BCUT2D eigenvalue weighted by molar-refractivity contribution is 0.387. The first kappa shape index (κ1) is 14.2. The van der Waals surface area contributed by atoms with Gasteiger partial charge in [0.1, 0.15) is 0 Å². The van der Waals surface area contributed by atoms with Crippen molar-refractivity contribution in [1.29, 1.82) is 0 Å². The van der Waals surface area contributed by atoms with Gasteiger partial charge in [-0.2, -0.15) is 0 Å². The first-order valence-electron chi connectivity index (χ1n) is 5.54. The minimum absolute atomic E-state index is 0.0238. The monoisotopic (exact) mass is 256 g/mol. The van der Waals surface area contributed by atoms with Crippen LogP contribution in [0.2, 0.25) is 0 Å². The molecule has 0 heterocycles. The molecule has 4 nitrogen and oxygen atoms in total. The third-order valence-electron chi connectivity index (χ3n) is 2.76. The number of hydrogen-bond donors (Lipinski definition) is 2. The molecule has 1 atom stereocenters. The topological polar surface area (TPSA) is 72.2 Å². The maximum absolute atomic E-state index is 12.0. The smallest absolute Gasteiger partial charge is 0.216 e. The summed E-state index contributed by atoms with van der Waals surface area (Å²) in [6, 6.07) is 8.82. The second kappa shape index (κ2) is 5.16. The van der Waals surface area contributed by atoms with E-state index in [0.717, 1.165) is 5.56 Å². The zero-order valence-electron chi connectivity index (χ0n) is 10.5. The van der Waals surface area contributed by atoms with Gasteiger partial charge in [-0.1, -0.05) is 30.3 Å². The Morgan fingerprint density at radius 1 is 1.29 bits per heavy atom. The summed E-state index contributed by atoms with van der Waals surface area (Å²) in [7, 11) is -3.37. The largest absolute Gasteiger partial charge is 0.326 e. The summed E-state index contributed by atoms with van der Waals surface area (Å²) in [4.78, 5) is 0. The van der Waals surface area contributed by atoms with Crippen LogP contribution in [0.15, 0.2) is 30.3 Å². The molecule has 5 heteroatoms. The van der Waals surface area contributed by atoms with E-state index in [1.165, 1.54) is 0 Å². The van der Waals surface area contributed by atoms with E-state index in [0.29, 0.717) is 0 Å². The van der Waals surface area contributed by atoms with E-state index in [1.807, 2.05) is 18.2 Å². The molecule has 17 heavy (non-hydrogen) atoms. The van der Waals surface area contributed by atoms with E-state index in [9.17, 15) is 8.42 Å². The molecule has 0 aliphatic rings. The molecule has 0 fully saturated rings. The quantitative estimate of drug-likeness (QED) is 0.832. The second-order valence-corrected chi connectivity index (χ2v) is 6.58. The van der Waals surface area contributed by atoms with Gasteiger partial charge in [-0.25, -0.2) is 13.1 Å². The molecule has 1 unspecified atom stereocenters. The van der Waals surface area contributed by atoms with Crippen molar-refractivity contribution in [2.75, 3.05) is 0 Å². The number of benzene rings is 1. The summed E-state index contributed by atoms with van der Waals surface area (Å²) in [5.41, 5.74) is 5.86. The molecule has 0 radical (unpaired) electrons. The lowest BCUT2D eigenvalue weighted by Crippen LogP contribution is -2.54. The summed E-state index contributed by atoms with van der Waals surface area (Å²) >= 11 is 0. The molecule has 3 N–H and O–H groups in total. The van der Waals surface area contributed by atoms with Gasteiger partial charge in [-0.05, 0) is 26.3 Å². The van der Waals surface area contributed by atoms with Crippen LogP contribution in [-0.4, -0.2) is 20.0 Å². The van der Waals surface area contributed by atoms with Crippen molar-refractivity contribution in [3.8, 4) is 0 Å². The predicted molar refractivity (Wildman–Crippen MR) is 69.9 cm³/mol. The lowest BCUT2D eigenvalue weighted by Gasteiger charge is -2.29. The SMILES string of the molecule is CC(N)C(C)(C)NS(=O)(=O)Cc1ccccc1. The van der Waals surface area contributed by atoms with E-state index < -0.39 is 15.6 Å². The first-order chi connectivity index (χ1) is 7.73. The Morgan fingerprint density at radius 3 is 2.29 bits per heavy atom. The molecular weight excluding hydrogens is 236 g/mol. The second-order valence-electron chi connectivity index (χ2n) is 4.86. The molecule has 0 aliphatic carbocycles. The molecule has 0 aromatic heterocycles. The van der Waals surface area contributed by atoms with Crippen LogP contribution in [0.3, 0.4) is 0 Å². The summed E-state index contributed by atoms with van der Waals surface area (Å²) in [6.45, 7) is 5.34. The van der Waals surface area contributed by atoms with Crippen LogP contribution in [-0.2, 0) is 15.8 Å². The molecule has 0 saturated carbocycles. The van der Waals surface area contributed by atoms with E-state index in [4.69, 9.17) is 5.73 Å². The minimum Gasteiger partial charge on any atom is -0.326 e. The molecule has 0 spiro atoms. The van der Waals surface area contributed by atoms with Gasteiger partial charge >= 0.3 is 0 Å². The van der Waals surface area contributed by atoms with Crippen molar-refractivity contribution in [1.82, 2.24) is 4.72 Å². The molecule has 1 aromatic carbocycles. The van der Waals surface area contributed by atoms with Crippen LogP contribution < -0.4 is 10.5 Å². The third-order valence-corrected chi connectivity index (χ3v) is 4.31. The third kappa shape index (κ3) is 4.46. The van der Waals surface area contributed by atoms with Crippen molar-refractivity contribution >= 4 is 10.0 Å². The zero-order chi connectivity index (χ0) is 13.1. The fourth-order valence-electron chi connectivity index (χ4n) is 1.32. The fraction of sp³-hybridized carbons (Fsp3) is 0.500. The Balaban J connectivity index is 2.78. The van der Waals surface area contributed by atoms with E-state index in [-0.39, 0.29) is 11.8 Å². The molecule has 1 rings (SSSR count). The summed E-state index contributed by atoms with van der Waals surface area (Å²) in [6.07, 6.45) is 0. The van der Waals surface area contributed by atoms with Crippen molar-refractivity contribution < 1.29 is 8.42 Å². The van der Waals surface area contributed by atoms with Gasteiger partial charge in [0.2, 0.25) is 10.0 Å². The van der Waals surface area contributed by atoms with Gasteiger partial charge in [0, 0.05) is 11.6 Å². The van der Waals surface area contributed by atoms with Gasteiger partial charge in [-0.3, -0.25) is 0 Å². The Kier molecular flexibility index (Phi) is 4.30. The molecule has 1 aromatic rings. The fourth-order valence-corrected chi connectivity index (χ4v) is 3.01. The Bertz CT molecular complexity index is 453. The van der Waals surface area contributed by atoms with Crippen LogP contribution in [0.1, 0.15) is 26.3 Å². The van der Waals surface area contributed by atoms with E-state index in [1.54, 1.807) is 32.9 Å². The van der Waals surface area contributed by atoms with E-state index in [2.05, 4.69) is 4.72 Å². The van der Waals surface area contributed by atoms with Crippen LogP contribution in [0.25, 0.3) is 0 Å². The maximum atomic E-state index is 12.0. The Morgan fingerprint density at radius 2 is 1.82 bits per heavy atom. The number of sulfonamides is 1. The lowest BCUT2D eigenvalue weighted by atomic mass is 9.99. The van der Waals surface area contributed by atoms with Gasteiger partial charge in [-0.15, -0.1) is 0 Å². The molecule has 96 valence electrons. The molecular formula is C12H20N2O2S. The van der Waals surface area contributed by atoms with E-state index >= 15 is 0 Å². The van der Waals surface area contributed by atoms with Crippen molar-refractivity contribution in [2.45, 2.75) is 38.1 Å². The van der Waals surface area contributed by atoms with Crippen LogP contribution in [0.5, 0.6) is 0 Å². The molecule has 0 saturated heterocycles. The minimum atomic E-state index is -3.37. The number of hydrogen-bond acceptors (Lipinski definition) is 3. The van der Waals surface area contributed by atoms with Gasteiger partial charge in [0.15, 0.2) is 0 Å². The van der Waals surface area contributed by atoms with Crippen LogP contribution >= 0.6 is 0 Å². The van der Waals surface area contributed by atoms with Crippen LogP contribution in [0, 0.1) is 0 Å². The van der Waals surface area contributed by atoms with Gasteiger partial charge < -0.3 is 5.73 Å². The van der Waals surface area contributed by atoms with Gasteiger partial charge in [0.25, 0.3) is 0 Å². The predicted octanol–water partition coefficient (Wildman–Crippen LogP) is 1.23. The molecule has 0 amide bonds. The molecule has 0 aliphatic heterocycles. The van der Waals surface area contributed by atoms with Gasteiger partial charge in [0.05, 0.1) is 5.75 Å². The summed E-state index contributed by atoms with van der Waals surface area (Å²) < 4.78 is 26.5. The zero-order valence-corrected chi connectivity index (χ0v) is 11.3. The van der Waals surface area contributed by atoms with Crippen molar-refractivity contribution in [3.63, 3.8) is 0 Å². The van der Waals surface area contributed by atoms with Crippen LogP contribution in [0.4, 0.5) is 0 Å². The Labute approximate surface area is 103 Å². The highest BCUT2D eigenvalue weighted by Crippen LogP contribution is 2.11. The Hall–Kier alpha value is -0.910. The molecule has 0 bridgehead atoms. The number of nitrogens with two attached hydrogens (primary N) is 1. The average molecular weight is 256 g/mol. The standard InChI is InChI=1S/C12H20N2O2S/c1-10(13)12(2,3)14-17(15,16)9-11-7-5-4-6-8-11/h4-8,10,14H,9,13H2,1-3H3. The normalized spacial score (nSPS) is 14.6. The van der Waals surface area contributed by atoms with Crippen molar-refractivity contribution in [3.05, 3.63) is 35.9 Å².